The third kappa shape index (κ3) is 5.51. The topological polar surface area (TPSA) is 111 Å². The van der Waals surface area contributed by atoms with Gasteiger partial charge < -0.3 is 15.8 Å². The van der Waals surface area contributed by atoms with E-state index in [1.807, 2.05) is 13.8 Å². The Labute approximate surface area is 155 Å². The highest BCUT2D eigenvalue weighted by Gasteiger charge is 2.22. The Kier molecular flexibility index (Phi) is 7.16. The number of sulfonamides is 1. The Hall–Kier alpha value is -1.48. The average Bonchev–Trinajstić information content (AvgIpc) is 3.18. The summed E-state index contributed by atoms with van der Waals surface area (Å²) in [4.78, 5) is 12.4. The molecule has 1 heterocycles. The zero-order valence-electron chi connectivity index (χ0n) is 15.5. The van der Waals surface area contributed by atoms with E-state index >= 15 is 0 Å². The molecule has 146 valence electrons. The van der Waals surface area contributed by atoms with Crippen molar-refractivity contribution in [1.29, 1.82) is 0 Å². The minimum Gasteiger partial charge on any atom is -0.377 e. The van der Waals surface area contributed by atoms with Crippen molar-refractivity contribution in [1.82, 2.24) is 10.0 Å². The molecule has 7 nitrogen and oxygen atoms in total. The van der Waals surface area contributed by atoms with Gasteiger partial charge >= 0.3 is 0 Å². The first-order valence-corrected chi connectivity index (χ1v) is 10.6. The molecule has 0 bridgehead atoms. The summed E-state index contributed by atoms with van der Waals surface area (Å²) >= 11 is 0. The number of ether oxygens (including phenoxy) is 1. The summed E-state index contributed by atoms with van der Waals surface area (Å²) in [5.74, 6) is -0.266. The number of hydrogen-bond donors (Lipinski definition) is 3. The molecule has 0 radical (unpaired) electrons. The van der Waals surface area contributed by atoms with Crippen LogP contribution in [0.15, 0.2) is 29.2 Å². The van der Waals surface area contributed by atoms with Gasteiger partial charge in [0.2, 0.25) is 10.0 Å². The van der Waals surface area contributed by atoms with E-state index in [1.165, 1.54) is 24.3 Å². The number of nitrogens with one attached hydrogen (secondary N) is 2. The Morgan fingerprint density at radius 1 is 1.27 bits per heavy atom. The Morgan fingerprint density at radius 2 is 1.92 bits per heavy atom. The summed E-state index contributed by atoms with van der Waals surface area (Å²) in [5.41, 5.74) is 6.15. The van der Waals surface area contributed by atoms with Gasteiger partial charge in [0.15, 0.2) is 0 Å². The molecule has 8 heteroatoms. The molecule has 2 rings (SSSR count). The standard InChI is InChI=1S/C18H29N3O4S/c1-3-18(19,4-2)13-20-17(22)14-7-9-16(10-8-14)26(23,24)21-12-15-6-5-11-25-15/h7-10,15,21H,3-6,11-13,19H2,1-2H3,(H,20,22). The molecule has 1 amide bonds. The van der Waals surface area contributed by atoms with Crippen LogP contribution in [-0.4, -0.2) is 45.7 Å². The molecule has 0 saturated carbocycles. The van der Waals surface area contributed by atoms with Crippen molar-refractivity contribution in [3.63, 3.8) is 0 Å². The van der Waals surface area contributed by atoms with Crippen LogP contribution in [0.4, 0.5) is 0 Å². The van der Waals surface area contributed by atoms with Crippen LogP contribution >= 0.6 is 0 Å². The maximum atomic E-state index is 12.3. The van der Waals surface area contributed by atoms with Gasteiger partial charge in [-0.3, -0.25) is 4.79 Å². The fourth-order valence-electron chi connectivity index (χ4n) is 2.74. The minimum absolute atomic E-state index is 0.0662. The second-order valence-corrected chi connectivity index (χ2v) is 8.53. The van der Waals surface area contributed by atoms with E-state index in [0.29, 0.717) is 18.7 Å². The largest absolute Gasteiger partial charge is 0.377 e. The van der Waals surface area contributed by atoms with Crippen molar-refractivity contribution in [2.75, 3.05) is 19.7 Å². The molecule has 0 aromatic heterocycles. The van der Waals surface area contributed by atoms with Gasteiger partial charge in [-0.25, -0.2) is 13.1 Å². The van der Waals surface area contributed by atoms with Crippen molar-refractivity contribution in [3.05, 3.63) is 29.8 Å². The van der Waals surface area contributed by atoms with Gasteiger partial charge in [-0.15, -0.1) is 0 Å². The molecule has 1 saturated heterocycles. The summed E-state index contributed by atoms with van der Waals surface area (Å²) in [6.45, 7) is 5.28. The predicted octanol–water partition coefficient (Wildman–Crippen LogP) is 1.39. The maximum absolute atomic E-state index is 12.3. The summed E-state index contributed by atoms with van der Waals surface area (Å²) in [7, 11) is -3.62. The summed E-state index contributed by atoms with van der Waals surface area (Å²) in [6.07, 6.45) is 3.27. The maximum Gasteiger partial charge on any atom is 0.251 e. The molecule has 1 aliphatic rings. The average molecular weight is 384 g/mol. The number of carbonyl (C=O) groups excluding carboxylic acids is 1. The molecular weight excluding hydrogens is 354 g/mol. The monoisotopic (exact) mass is 383 g/mol. The summed E-state index contributed by atoms with van der Waals surface area (Å²) in [5, 5.41) is 2.82. The van der Waals surface area contributed by atoms with Gasteiger partial charge in [-0.2, -0.15) is 0 Å². The number of benzene rings is 1. The van der Waals surface area contributed by atoms with Gasteiger partial charge in [0.1, 0.15) is 0 Å². The van der Waals surface area contributed by atoms with Crippen molar-refractivity contribution in [3.8, 4) is 0 Å². The van der Waals surface area contributed by atoms with Crippen LogP contribution in [-0.2, 0) is 14.8 Å². The van der Waals surface area contributed by atoms with Crippen LogP contribution in [0, 0.1) is 0 Å². The summed E-state index contributed by atoms with van der Waals surface area (Å²) in [6, 6.07) is 5.88. The first-order chi connectivity index (χ1) is 12.3. The SMILES string of the molecule is CCC(N)(CC)CNC(=O)c1ccc(S(=O)(=O)NCC2CCCO2)cc1. The Bertz CT molecular complexity index is 694. The Morgan fingerprint density at radius 3 is 2.46 bits per heavy atom. The molecule has 1 atom stereocenters. The molecule has 0 spiro atoms. The normalized spacial score (nSPS) is 18.0. The fourth-order valence-corrected chi connectivity index (χ4v) is 3.80. The highest BCUT2D eigenvalue weighted by Crippen LogP contribution is 2.14. The van der Waals surface area contributed by atoms with Gasteiger partial charge in [-0.05, 0) is 49.9 Å². The summed E-state index contributed by atoms with van der Waals surface area (Å²) < 4.78 is 32.6. The predicted molar refractivity (Wildman–Crippen MR) is 100 cm³/mol. The molecular formula is C18H29N3O4S. The lowest BCUT2D eigenvalue weighted by Crippen LogP contribution is -2.49. The Balaban J connectivity index is 1.94. The molecule has 26 heavy (non-hydrogen) atoms. The van der Waals surface area contributed by atoms with Gasteiger partial charge in [-0.1, -0.05) is 13.8 Å². The van der Waals surface area contributed by atoms with Gasteiger partial charge in [0.05, 0.1) is 11.0 Å². The molecule has 1 fully saturated rings. The van der Waals surface area contributed by atoms with Crippen LogP contribution in [0.2, 0.25) is 0 Å². The van der Waals surface area contributed by atoms with Crippen LogP contribution < -0.4 is 15.8 Å². The van der Waals surface area contributed by atoms with Crippen LogP contribution in [0.5, 0.6) is 0 Å². The van der Waals surface area contributed by atoms with Gasteiger partial charge in [0, 0.05) is 30.8 Å². The van der Waals surface area contributed by atoms with E-state index < -0.39 is 15.6 Å². The zero-order chi connectivity index (χ0) is 19.2. The molecule has 1 aromatic rings. The molecule has 4 N–H and O–H groups in total. The van der Waals surface area contributed by atoms with E-state index in [4.69, 9.17) is 10.5 Å². The van der Waals surface area contributed by atoms with E-state index in [1.54, 1.807) is 0 Å². The zero-order valence-corrected chi connectivity index (χ0v) is 16.3. The van der Waals surface area contributed by atoms with Crippen molar-refractivity contribution in [2.45, 2.75) is 56.1 Å². The lowest BCUT2D eigenvalue weighted by Gasteiger charge is -2.26. The smallest absolute Gasteiger partial charge is 0.251 e. The van der Waals surface area contributed by atoms with Crippen molar-refractivity contribution < 1.29 is 17.9 Å². The number of amides is 1. The highest BCUT2D eigenvalue weighted by molar-refractivity contribution is 7.89. The highest BCUT2D eigenvalue weighted by atomic mass is 32.2. The van der Waals surface area contributed by atoms with E-state index in [9.17, 15) is 13.2 Å². The van der Waals surface area contributed by atoms with Crippen molar-refractivity contribution in [2.24, 2.45) is 5.73 Å². The lowest BCUT2D eigenvalue weighted by molar-refractivity contribution is 0.0942. The molecule has 0 aliphatic carbocycles. The van der Waals surface area contributed by atoms with Crippen molar-refractivity contribution >= 4 is 15.9 Å². The molecule has 1 aromatic carbocycles. The van der Waals surface area contributed by atoms with Crippen LogP contribution in [0.1, 0.15) is 49.9 Å². The second kappa shape index (κ2) is 8.94. The van der Waals surface area contributed by atoms with E-state index in [-0.39, 0.29) is 23.5 Å². The fraction of sp³-hybridized carbons (Fsp3) is 0.611. The van der Waals surface area contributed by atoms with E-state index in [0.717, 1.165) is 25.7 Å². The quantitative estimate of drug-likeness (QED) is 0.597. The third-order valence-electron chi connectivity index (χ3n) is 4.96. The van der Waals surface area contributed by atoms with Crippen LogP contribution in [0.3, 0.4) is 0 Å². The number of nitrogens with two attached hydrogens (primary N) is 1. The minimum atomic E-state index is -3.62. The lowest BCUT2D eigenvalue weighted by atomic mass is 9.94. The number of hydrogen-bond acceptors (Lipinski definition) is 5. The first kappa shape index (κ1) is 20.8. The first-order valence-electron chi connectivity index (χ1n) is 9.08. The number of carbonyl (C=O) groups is 1. The number of rotatable bonds is 9. The molecule has 1 unspecified atom stereocenters. The third-order valence-corrected chi connectivity index (χ3v) is 6.40. The second-order valence-electron chi connectivity index (χ2n) is 6.76. The van der Waals surface area contributed by atoms with E-state index in [2.05, 4.69) is 10.0 Å². The molecule has 1 aliphatic heterocycles. The van der Waals surface area contributed by atoms with Crippen LogP contribution in [0.25, 0.3) is 0 Å². The van der Waals surface area contributed by atoms with Gasteiger partial charge in [0.25, 0.3) is 5.91 Å².